The molecule has 4 aromatic rings. The van der Waals surface area contributed by atoms with Crippen LogP contribution in [-0.4, -0.2) is 27.8 Å². The summed E-state index contributed by atoms with van der Waals surface area (Å²) in [4.78, 5) is 19.6. The van der Waals surface area contributed by atoms with Crippen LogP contribution in [0.5, 0.6) is 5.75 Å². The zero-order chi connectivity index (χ0) is 21.5. The number of hydrogen-bond acceptors (Lipinski definition) is 5. The molecular weight excluding hydrogens is 415 g/mol. The molecule has 2 N–H and O–H groups in total. The number of thioether (sulfide) groups is 1. The molecule has 0 fully saturated rings. The highest BCUT2D eigenvalue weighted by Crippen LogP contribution is 2.19. The number of nitrogens with zero attached hydrogens (tertiary/aromatic N) is 2. The SMILES string of the molecule is O=C(CSc1nc2ccccc2[nH]1)N/N=C/c1ccc(OCc2ccccc2F)cc1. The number of hydrogen-bond donors (Lipinski definition) is 2. The van der Waals surface area contributed by atoms with Gasteiger partial charge in [-0.25, -0.2) is 14.8 Å². The summed E-state index contributed by atoms with van der Waals surface area (Å²) in [6.45, 7) is 0.152. The number of benzene rings is 3. The molecule has 0 radical (unpaired) electrons. The van der Waals surface area contributed by atoms with Crippen LogP contribution in [0.3, 0.4) is 0 Å². The van der Waals surface area contributed by atoms with Crippen molar-refractivity contribution in [1.82, 2.24) is 15.4 Å². The van der Waals surface area contributed by atoms with E-state index in [2.05, 4.69) is 20.5 Å². The van der Waals surface area contributed by atoms with E-state index in [0.29, 0.717) is 16.5 Å². The van der Waals surface area contributed by atoms with Gasteiger partial charge in [-0.15, -0.1) is 0 Å². The normalized spacial score (nSPS) is 11.1. The van der Waals surface area contributed by atoms with Crippen molar-refractivity contribution in [2.75, 3.05) is 5.75 Å². The summed E-state index contributed by atoms with van der Waals surface area (Å²) >= 11 is 1.31. The zero-order valence-corrected chi connectivity index (χ0v) is 17.2. The van der Waals surface area contributed by atoms with Crippen molar-refractivity contribution in [2.45, 2.75) is 11.8 Å². The quantitative estimate of drug-likeness (QED) is 0.243. The fourth-order valence-electron chi connectivity index (χ4n) is 2.77. The number of hydrazone groups is 1. The molecule has 31 heavy (non-hydrogen) atoms. The van der Waals surface area contributed by atoms with Gasteiger partial charge in [-0.05, 0) is 48.0 Å². The molecular formula is C23H19FN4O2S. The molecule has 8 heteroatoms. The van der Waals surface area contributed by atoms with Gasteiger partial charge < -0.3 is 9.72 Å². The van der Waals surface area contributed by atoms with Crippen LogP contribution in [0, 0.1) is 5.82 Å². The molecule has 0 bridgehead atoms. The maximum absolute atomic E-state index is 13.6. The zero-order valence-electron chi connectivity index (χ0n) is 16.4. The average Bonchev–Trinajstić information content (AvgIpc) is 3.21. The van der Waals surface area contributed by atoms with Crippen molar-refractivity contribution in [3.8, 4) is 5.75 Å². The van der Waals surface area contributed by atoms with E-state index >= 15 is 0 Å². The molecule has 0 aliphatic heterocycles. The van der Waals surface area contributed by atoms with Gasteiger partial charge in [0.15, 0.2) is 5.16 Å². The van der Waals surface area contributed by atoms with Crippen LogP contribution >= 0.6 is 11.8 Å². The summed E-state index contributed by atoms with van der Waals surface area (Å²) in [5, 5.41) is 4.66. The number of aromatic amines is 1. The second-order valence-electron chi connectivity index (χ2n) is 6.59. The Labute approximate surface area is 182 Å². The highest BCUT2D eigenvalue weighted by Gasteiger charge is 2.06. The first kappa shape index (κ1) is 20.6. The highest BCUT2D eigenvalue weighted by molar-refractivity contribution is 7.99. The molecule has 1 amide bonds. The lowest BCUT2D eigenvalue weighted by Crippen LogP contribution is -2.19. The molecule has 0 aliphatic rings. The third-order valence-electron chi connectivity index (χ3n) is 4.34. The summed E-state index contributed by atoms with van der Waals surface area (Å²) in [7, 11) is 0. The Morgan fingerprint density at radius 1 is 1.10 bits per heavy atom. The molecule has 1 aromatic heterocycles. The van der Waals surface area contributed by atoms with Gasteiger partial charge in [-0.1, -0.05) is 42.1 Å². The van der Waals surface area contributed by atoms with Gasteiger partial charge in [0, 0.05) is 5.56 Å². The number of rotatable bonds is 8. The van der Waals surface area contributed by atoms with E-state index < -0.39 is 0 Å². The summed E-state index contributed by atoms with van der Waals surface area (Å²) in [5.41, 5.74) is 5.59. The predicted molar refractivity (Wildman–Crippen MR) is 120 cm³/mol. The van der Waals surface area contributed by atoms with Crippen LogP contribution in [0.2, 0.25) is 0 Å². The largest absolute Gasteiger partial charge is 0.489 e. The van der Waals surface area contributed by atoms with Crippen LogP contribution in [0.1, 0.15) is 11.1 Å². The summed E-state index contributed by atoms with van der Waals surface area (Å²) < 4.78 is 19.2. The number of carbonyl (C=O) groups is 1. The molecule has 6 nitrogen and oxygen atoms in total. The Hall–Kier alpha value is -3.65. The van der Waals surface area contributed by atoms with Crippen molar-refractivity contribution in [3.05, 3.63) is 89.7 Å². The van der Waals surface area contributed by atoms with E-state index in [1.165, 1.54) is 17.8 Å². The topological polar surface area (TPSA) is 79.4 Å². The van der Waals surface area contributed by atoms with E-state index in [4.69, 9.17) is 4.74 Å². The van der Waals surface area contributed by atoms with Gasteiger partial charge in [0.05, 0.1) is 23.0 Å². The molecule has 3 aromatic carbocycles. The Morgan fingerprint density at radius 3 is 2.68 bits per heavy atom. The Balaban J connectivity index is 1.22. The maximum atomic E-state index is 13.6. The molecule has 156 valence electrons. The Kier molecular flexibility index (Phi) is 6.59. The number of ether oxygens (including phenoxy) is 1. The van der Waals surface area contributed by atoms with Gasteiger partial charge >= 0.3 is 0 Å². The molecule has 0 spiro atoms. The first-order valence-corrected chi connectivity index (χ1v) is 10.5. The third kappa shape index (κ3) is 5.70. The van der Waals surface area contributed by atoms with Crippen molar-refractivity contribution >= 4 is 34.9 Å². The molecule has 0 aliphatic carbocycles. The smallest absolute Gasteiger partial charge is 0.250 e. The van der Waals surface area contributed by atoms with Crippen molar-refractivity contribution < 1.29 is 13.9 Å². The second-order valence-corrected chi connectivity index (χ2v) is 7.55. The number of imidazole rings is 1. The van der Waals surface area contributed by atoms with Gasteiger partial charge in [-0.3, -0.25) is 4.79 Å². The van der Waals surface area contributed by atoms with Crippen LogP contribution in [-0.2, 0) is 11.4 Å². The van der Waals surface area contributed by atoms with Gasteiger partial charge in [0.25, 0.3) is 5.91 Å². The summed E-state index contributed by atoms with van der Waals surface area (Å²) in [5.74, 6) is 0.290. The Morgan fingerprint density at radius 2 is 1.87 bits per heavy atom. The Bertz CT molecular complexity index is 1170. The number of amides is 1. The van der Waals surface area contributed by atoms with Crippen molar-refractivity contribution in [3.63, 3.8) is 0 Å². The van der Waals surface area contributed by atoms with Gasteiger partial charge in [0.1, 0.15) is 18.2 Å². The lowest BCUT2D eigenvalue weighted by molar-refractivity contribution is -0.118. The minimum atomic E-state index is -0.291. The first-order chi connectivity index (χ1) is 15.2. The lowest BCUT2D eigenvalue weighted by Gasteiger charge is -2.07. The molecule has 0 unspecified atom stereocenters. The fourth-order valence-corrected chi connectivity index (χ4v) is 3.45. The molecule has 0 saturated heterocycles. The van der Waals surface area contributed by atoms with E-state index in [9.17, 15) is 9.18 Å². The summed E-state index contributed by atoms with van der Waals surface area (Å²) in [6, 6.07) is 21.3. The second kappa shape index (κ2) is 9.90. The number of fused-ring (bicyclic) bond motifs is 1. The minimum Gasteiger partial charge on any atom is -0.489 e. The van der Waals surface area contributed by atoms with E-state index in [0.717, 1.165) is 16.6 Å². The predicted octanol–water partition coefficient (Wildman–Crippen LogP) is 4.52. The number of halogens is 1. The highest BCUT2D eigenvalue weighted by atomic mass is 32.2. The molecule has 1 heterocycles. The van der Waals surface area contributed by atoms with E-state index in [1.54, 1.807) is 48.7 Å². The van der Waals surface area contributed by atoms with Crippen LogP contribution in [0.4, 0.5) is 4.39 Å². The van der Waals surface area contributed by atoms with Gasteiger partial charge in [-0.2, -0.15) is 5.10 Å². The molecule has 4 rings (SSSR count). The number of nitrogens with one attached hydrogen (secondary N) is 2. The number of carbonyl (C=O) groups excluding carboxylic acids is 1. The van der Waals surface area contributed by atoms with E-state index in [-0.39, 0.29) is 24.1 Å². The van der Waals surface area contributed by atoms with Crippen LogP contribution in [0.15, 0.2) is 83.1 Å². The maximum Gasteiger partial charge on any atom is 0.250 e. The standard InChI is InChI=1S/C23H19FN4O2S/c24-19-6-2-1-5-17(19)14-30-18-11-9-16(10-12-18)13-25-28-22(29)15-31-23-26-20-7-3-4-8-21(20)27-23/h1-13H,14-15H2,(H,26,27)(H,28,29)/b25-13+. The first-order valence-electron chi connectivity index (χ1n) is 9.53. The molecule has 0 saturated carbocycles. The average molecular weight is 434 g/mol. The monoisotopic (exact) mass is 434 g/mol. The number of H-pyrrole nitrogens is 1. The number of para-hydroxylation sites is 2. The lowest BCUT2D eigenvalue weighted by atomic mass is 10.2. The summed E-state index contributed by atoms with van der Waals surface area (Å²) in [6.07, 6.45) is 1.55. The van der Waals surface area contributed by atoms with Gasteiger partial charge in [0.2, 0.25) is 0 Å². The molecule has 0 atom stereocenters. The number of aromatic nitrogens is 2. The third-order valence-corrected chi connectivity index (χ3v) is 5.22. The van der Waals surface area contributed by atoms with Crippen molar-refractivity contribution in [2.24, 2.45) is 5.10 Å². The van der Waals surface area contributed by atoms with E-state index in [1.807, 2.05) is 24.3 Å². The minimum absolute atomic E-state index is 0.152. The van der Waals surface area contributed by atoms with Crippen LogP contribution < -0.4 is 10.2 Å². The fraction of sp³-hybridized carbons (Fsp3) is 0.0870. The van der Waals surface area contributed by atoms with Crippen LogP contribution in [0.25, 0.3) is 11.0 Å². The van der Waals surface area contributed by atoms with Crippen molar-refractivity contribution in [1.29, 1.82) is 0 Å².